The van der Waals surface area contributed by atoms with Gasteiger partial charge in [0.1, 0.15) is 0 Å². The number of carbonyl (C=O) groups is 1. The summed E-state index contributed by atoms with van der Waals surface area (Å²) in [6.07, 6.45) is 1.91. The van der Waals surface area contributed by atoms with E-state index in [-0.39, 0.29) is 18.6 Å². The molecule has 0 aromatic heterocycles. The highest BCUT2D eigenvalue weighted by Gasteiger charge is 2.22. The Hall–Kier alpha value is -2.84. The van der Waals surface area contributed by atoms with Crippen LogP contribution in [0.2, 0.25) is 0 Å². The molecule has 2 aromatic carbocycles. The molecule has 0 radical (unpaired) electrons. The average Bonchev–Trinajstić information content (AvgIpc) is 2.72. The van der Waals surface area contributed by atoms with Crippen LogP contribution in [0.15, 0.2) is 48.5 Å². The normalized spacial score (nSPS) is 16.8. The van der Waals surface area contributed by atoms with Crippen LogP contribution in [0.1, 0.15) is 24.0 Å². The molecule has 1 fully saturated rings. The molecule has 3 rings (SSSR count). The van der Waals surface area contributed by atoms with Crippen molar-refractivity contribution in [2.75, 3.05) is 19.7 Å². The highest BCUT2D eigenvalue weighted by Crippen LogP contribution is 2.23. The topological polar surface area (TPSA) is 76.4 Å². The van der Waals surface area contributed by atoms with Crippen LogP contribution in [0.5, 0.6) is 0 Å². The molecular formula is C21H23N3O2. The lowest BCUT2D eigenvalue weighted by molar-refractivity contribution is 0.129. The maximum Gasteiger partial charge on any atom is 0.317 e. The minimum absolute atomic E-state index is 0.0814. The van der Waals surface area contributed by atoms with Gasteiger partial charge >= 0.3 is 6.03 Å². The summed E-state index contributed by atoms with van der Waals surface area (Å²) in [6, 6.07) is 17.5. The van der Waals surface area contributed by atoms with E-state index in [4.69, 9.17) is 0 Å². The van der Waals surface area contributed by atoms with Gasteiger partial charge in [-0.3, -0.25) is 0 Å². The SMILES string of the molecule is N#Cc1ccccc1-c1ccc(CNC(=O)N2CCC[C@H](CO)C2)cc1. The molecule has 0 saturated carbocycles. The second kappa shape index (κ2) is 8.50. The first-order chi connectivity index (χ1) is 12.7. The number of hydrogen-bond donors (Lipinski definition) is 2. The molecule has 0 unspecified atom stereocenters. The molecule has 26 heavy (non-hydrogen) atoms. The summed E-state index contributed by atoms with van der Waals surface area (Å²) in [4.78, 5) is 14.1. The van der Waals surface area contributed by atoms with Gasteiger partial charge in [-0.15, -0.1) is 0 Å². The zero-order valence-corrected chi connectivity index (χ0v) is 14.7. The highest BCUT2D eigenvalue weighted by molar-refractivity contribution is 5.74. The lowest BCUT2D eigenvalue weighted by atomic mass is 9.99. The number of aliphatic hydroxyl groups is 1. The van der Waals surface area contributed by atoms with Gasteiger partial charge < -0.3 is 15.3 Å². The van der Waals surface area contributed by atoms with Gasteiger partial charge in [-0.1, -0.05) is 42.5 Å². The minimum Gasteiger partial charge on any atom is -0.396 e. The van der Waals surface area contributed by atoms with Crippen LogP contribution in [0.4, 0.5) is 4.79 Å². The summed E-state index contributed by atoms with van der Waals surface area (Å²) in [7, 11) is 0. The maximum absolute atomic E-state index is 12.3. The number of likely N-dealkylation sites (tertiary alicyclic amines) is 1. The molecule has 1 atom stereocenters. The van der Waals surface area contributed by atoms with Crippen LogP contribution >= 0.6 is 0 Å². The van der Waals surface area contributed by atoms with Gasteiger partial charge in [0.05, 0.1) is 11.6 Å². The first-order valence-electron chi connectivity index (χ1n) is 8.93. The van der Waals surface area contributed by atoms with Crippen LogP contribution in [0.3, 0.4) is 0 Å². The molecule has 1 saturated heterocycles. The van der Waals surface area contributed by atoms with Crippen LogP contribution in [0, 0.1) is 17.2 Å². The standard InChI is InChI=1S/C21H23N3O2/c22-12-19-5-1-2-6-20(19)18-9-7-16(8-10-18)13-23-21(26)24-11-3-4-17(14-24)15-25/h1-2,5-10,17,25H,3-4,11,13-15H2,(H,23,26)/t17-/m0/s1. The number of amides is 2. The van der Waals surface area contributed by atoms with Gasteiger partial charge in [0.2, 0.25) is 0 Å². The van der Waals surface area contributed by atoms with E-state index in [0.717, 1.165) is 36.1 Å². The van der Waals surface area contributed by atoms with Crippen molar-refractivity contribution in [3.8, 4) is 17.2 Å². The number of urea groups is 1. The lowest BCUT2D eigenvalue weighted by Gasteiger charge is -2.31. The molecular weight excluding hydrogens is 326 g/mol. The largest absolute Gasteiger partial charge is 0.396 e. The number of rotatable bonds is 4. The number of nitrogens with one attached hydrogen (secondary N) is 1. The summed E-state index contributed by atoms with van der Waals surface area (Å²) in [5, 5.41) is 21.4. The molecule has 0 aliphatic carbocycles. The van der Waals surface area contributed by atoms with Crippen molar-refractivity contribution in [1.82, 2.24) is 10.2 Å². The predicted molar refractivity (Wildman–Crippen MR) is 100 cm³/mol. The van der Waals surface area contributed by atoms with Gasteiger partial charge in [0.25, 0.3) is 0 Å². The fraction of sp³-hybridized carbons (Fsp3) is 0.333. The van der Waals surface area contributed by atoms with Gasteiger partial charge in [-0.2, -0.15) is 5.26 Å². The third-order valence-corrected chi connectivity index (χ3v) is 4.82. The second-order valence-corrected chi connectivity index (χ2v) is 6.65. The van der Waals surface area contributed by atoms with E-state index < -0.39 is 0 Å². The van der Waals surface area contributed by atoms with Crippen molar-refractivity contribution >= 4 is 6.03 Å². The van der Waals surface area contributed by atoms with Gasteiger partial charge in [0.15, 0.2) is 0 Å². The number of nitrogens with zero attached hydrogens (tertiary/aromatic N) is 2. The highest BCUT2D eigenvalue weighted by atomic mass is 16.3. The maximum atomic E-state index is 12.3. The third-order valence-electron chi connectivity index (χ3n) is 4.82. The molecule has 1 heterocycles. The number of piperidine rings is 1. The second-order valence-electron chi connectivity index (χ2n) is 6.65. The van der Waals surface area contributed by atoms with E-state index in [1.807, 2.05) is 48.5 Å². The third kappa shape index (κ3) is 4.22. The Morgan fingerprint density at radius 1 is 1.23 bits per heavy atom. The van der Waals surface area contributed by atoms with Crippen LogP contribution < -0.4 is 5.32 Å². The molecule has 0 spiro atoms. The van der Waals surface area contributed by atoms with Crippen LogP contribution in [0.25, 0.3) is 11.1 Å². The molecule has 2 amide bonds. The Labute approximate surface area is 153 Å². The zero-order chi connectivity index (χ0) is 18.4. The first-order valence-corrected chi connectivity index (χ1v) is 8.93. The van der Waals surface area contributed by atoms with E-state index in [1.54, 1.807) is 4.90 Å². The molecule has 2 N–H and O–H groups in total. The Morgan fingerprint density at radius 3 is 2.73 bits per heavy atom. The number of nitriles is 1. The fourth-order valence-corrected chi connectivity index (χ4v) is 3.32. The van der Waals surface area contributed by atoms with Crippen LogP contribution in [-0.4, -0.2) is 35.7 Å². The Balaban J connectivity index is 1.59. The van der Waals surface area contributed by atoms with Gasteiger partial charge in [-0.25, -0.2) is 4.79 Å². The summed E-state index contributed by atoms with van der Waals surface area (Å²) < 4.78 is 0. The predicted octanol–water partition coefficient (Wildman–Crippen LogP) is 3.14. The zero-order valence-electron chi connectivity index (χ0n) is 14.7. The van der Waals surface area contributed by atoms with Gasteiger partial charge in [0, 0.05) is 26.2 Å². The van der Waals surface area contributed by atoms with Crippen molar-refractivity contribution in [2.24, 2.45) is 5.92 Å². The Kier molecular flexibility index (Phi) is 5.88. The van der Waals surface area contributed by atoms with E-state index in [1.165, 1.54) is 0 Å². The van der Waals surface area contributed by atoms with Crippen LogP contribution in [-0.2, 0) is 6.54 Å². The molecule has 5 nitrogen and oxygen atoms in total. The molecule has 134 valence electrons. The number of carbonyl (C=O) groups excluding carboxylic acids is 1. The minimum atomic E-state index is -0.0814. The fourth-order valence-electron chi connectivity index (χ4n) is 3.32. The van der Waals surface area contributed by atoms with Crippen molar-refractivity contribution in [3.63, 3.8) is 0 Å². The summed E-state index contributed by atoms with van der Waals surface area (Å²) in [5.41, 5.74) is 3.55. The molecule has 2 aromatic rings. The number of aliphatic hydroxyl groups excluding tert-OH is 1. The lowest BCUT2D eigenvalue weighted by Crippen LogP contribution is -2.45. The smallest absolute Gasteiger partial charge is 0.317 e. The first kappa shape index (κ1) is 18.0. The van der Waals surface area contributed by atoms with Crippen molar-refractivity contribution in [1.29, 1.82) is 5.26 Å². The van der Waals surface area contributed by atoms with Gasteiger partial charge in [-0.05, 0) is 41.5 Å². The number of hydrogen-bond acceptors (Lipinski definition) is 3. The monoisotopic (exact) mass is 349 g/mol. The van der Waals surface area contributed by atoms with E-state index in [0.29, 0.717) is 18.7 Å². The molecule has 1 aliphatic rings. The van der Waals surface area contributed by atoms with Crippen molar-refractivity contribution < 1.29 is 9.90 Å². The van der Waals surface area contributed by atoms with E-state index in [2.05, 4.69) is 11.4 Å². The summed E-state index contributed by atoms with van der Waals surface area (Å²) in [6.45, 7) is 1.95. The van der Waals surface area contributed by atoms with E-state index >= 15 is 0 Å². The van der Waals surface area contributed by atoms with E-state index in [9.17, 15) is 15.2 Å². The Morgan fingerprint density at radius 2 is 2.00 bits per heavy atom. The quantitative estimate of drug-likeness (QED) is 0.890. The van der Waals surface area contributed by atoms with Crippen molar-refractivity contribution in [3.05, 3.63) is 59.7 Å². The van der Waals surface area contributed by atoms with Crippen molar-refractivity contribution in [2.45, 2.75) is 19.4 Å². The molecule has 0 bridgehead atoms. The summed E-state index contributed by atoms with van der Waals surface area (Å²) in [5.74, 6) is 0.189. The number of benzene rings is 2. The summed E-state index contributed by atoms with van der Waals surface area (Å²) >= 11 is 0. The Bertz CT molecular complexity index is 796. The average molecular weight is 349 g/mol. The molecule has 5 heteroatoms. The molecule has 1 aliphatic heterocycles.